The van der Waals surface area contributed by atoms with Gasteiger partial charge in [-0.25, -0.2) is 4.68 Å². The number of hydrogen-bond acceptors (Lipinski definition) is 3. The van der Waals surface area contributed by atoms with E-state index in [2.05, 4.69) is 10.4 Å². The zero-order valence-corrected chi connectivity index (χ0v) is 13.8. The highest BCUT2D eigenvalue weighted by Crippen LogP contribution is 2.17. The number of nitrogens with one attached hydrogen (secondary N) is 1. The minimum Gasteiger partial charge on any atom is -0.352 e. The first kappa shape index (κ1) is 16.2. The molecular weight excluding hydrogens is 304 g/mol. The zero-order chi connectivity index (χ0) is 16.9. The molecule has 2 aromatic rings. The minimum atomic E-state index is 0.00366. The van der Waals surface area contributed by atoms with E-state index in [-0.39, 0.29) is 17.7 Å². The summed E-state index contributed by atoms with van der Waals surface area (Å²) in [6.07, 6.45) is 5.11. The second-order valence-electron chi connectivity index (χ2n) is 6.12. The monoisotopic (exact) mass is 326 g/mol. The van der Waals surface area contributed by atoms with E-state index in [1.165, 1.54) is 0 Å². The van der Waals surface area contributed by atoms with Crippen molar-refractivity contribution in [3.63, 3.8) is 0 Å². The van der Waals surface area contributed by atoms with Crippen molar-refractivity contribution in [2.24, 2.45) is 5.92 Å². The van der Waals surface area contributed by atoms with E-state index in [9.17, 15) is 9.59 Å². The normalized spacial score (nSPS) is 15.3. The number of piperidine rings is 1. The lowest BCUT2D eigenvalue weighted by Crippen LogP contribution is -2.42. The Morgan fingerprint density at radius 3 is 2.50 bits per heavy atom. The van der Waals surface area contributed by atoms with Crippen LogP contribution in [0, 0.1) is 5.92 Å². The Hall–Kier alpha value is -2.63. The lowest BCUT2D eigenvalue weighted by Gasteiger charge is -2.30. The van der Waals surface area contributed by atoms with Gasteiger partial charge in [0.05, 0.1) is 5.69 Å². The third-order valence-electron chi connectivity index (χ3n) is 4.48. The Balaban J connectivity index is 1.49. The lowest BCUT2D eigenvalue weighted by atomic mass is 9.96. The summed E-state index contributed by atoms with van der Waals surface area (Å²) in [5.74, 6) is 0.171. The van der Waals surface area contributed by atoms with Gasteiger partial charge < -0.3 is 10.2 Å². The van der Waals surface area contributed by atoms with Crippen molar-refractivity contribution in [1.82, 2.24) is 20.0 Å². The van der Waals surface area contributed by atoms with E-state index in [1.807, 2.05) is 36.5 Å². The van der Waals surface area contributed by atoms with Gasteiger partial charge in [-0.3, -0.25) is 9.59 Å². The number of rotatable bonds is 4. The molecule has 2 heterocycles. The summed E-state index contributed by atoms with van der Waals surface area (Å²) in [5.41, 5.74) is 2.05. The number of amides is 2. The molecule has 1 aromatic heterocycles. The molecule has 0 aliphatic carbocycles. The molecule has 1 aliphatic rings. The number of carbonyl (C=O) groups excluding carboxylic acids is 2. The number of aromatic nitrogens is 2. The average Bonchev–Trinajstić information content (AvgIpc) is 3.15. The molecule has 24 heavy (non-hydrogen) atoms. The number of hydrogen-bond donors (Lipinski definition) is 1. The van der Waals surface area contributed by atoms with Crippen LogP contribution in [0.2, 0.25) is 0 Å². The van der Waals surface area contributed by atoms with Crippen LogP contribution in [0.1, 0.15) is 25.3 Å². The molecule has 6 heteroatoms. The first-order valence-electron chi connectivity index (χ1n) is 8.25. The van der Waals surface area contributed by atoms with Gasteiger partial charge >= 0.3 is 0 Å². The average molecular weight is 326 g/mol. The molecule has 3 rings (SSSR count). The van der Waals surface area contributed by atoms with Gasteiger partial charge in [-0.15, -0.1) is 0 Å². The van der Waals surface area contributed by atoms with Crippen LogP contribution in [0.5, 0.6) is 0 Å². The second-order valence-corrected chi connectivity index (χ2v) is 6.12. The first-order valence-corrected chi connectivity index (χ1v) is 8.25. The van der Waals surface area contributed by atoms with Crippen LogP contribution in [0.3, 0.4) is 0 Å². The Labute approximate surface area is 141 Å². The second kappa shape index (κ2) is 7.29. The number of likely N-dealkylation sites (tertiary alicyclic amines) is 1. The highest BCUT2D eigenvalue weighted by Gasteiger charge is 2.25. The third kappa shape index (κ3) is 3.82. The maximum atomic E-state index is 12.3. The molecule has 1 fully saturated rings. The lowest BCUT2D eigenvalue weighted by molar-refractivity contribution is -0.134. The Kier molecular flexibility index (Phi) is 4.93. The predicted molar refractivity (Wildman–Crippen MR) is 90.4 cm³/mol. The van der Waals surface area contributed by atoms with Gasteiger partial charge in [0, 0.05) is 44.9 Å². The van der Waals surface area contributed by atoms with Gasteiger partial charge in [0.1, 0.15) is 0 Å². The van der Waals surface area contributed by atoms with E-state index >= 15 is 0 Å². The van der Waals surface area contributed by atoms with Crippen LogP contribution < -0.4 is 5.32 Å². The molecular formula is C18H22N4O2. The summed E-state index contributed by atoms with van der Waals surface area (Å²) >= 11 is 0. The van der Waals surface area contributed by atoms with Crippen LogP contribution in [-0.2, 0) is 16.1 Å². The standard InChI is InChI=1S/C18H22N4O2/c1-14(23)21-11-7-16(8-12-21)18(24)19-13-15-3-5-17(6-4-15)22-10-2-9-20-22/h2-6,9-10,16H,7-8,11-13H2,1H3,(H,19,24). The van der Waals surface area contributed by atoms with Crippen molar-refractivity contribution in [2.75, 3.05) is 13.1 Å². The molecule has 1 saturated heterocycles. The Morgan fingerprint density at radius 2 is 1.92 bits per heavy atom. The molecule has 0 bridgehead atoms. The predicted octanol–water partition coefficient (Wildman–Crippen LogP) is 1.75. The van der Waals surface area contributed by atoms with Crippen LogP contribution in [-0.4, -0.2) is 39.6 Å². The van der Waals surface area contributed by atoms with E-state index < -0.39 is 0 Å². The van der Waals surface area contributed by atoms with E-state index in [0.29, 0.717) is 19.6 Å². The molecule has 0 saturated carbocycles. The Morgan fingerprint density at radius 1 is 1.21 bits per heavy atom. The van der Waals surface area contributed by atoms with Crippen LogP contribution >= 0.6 is 0 Å². The van der Waals surface area contributed by atoms with E-state index in [4.69, 9.17) is 0 Å². The maximum absolute atomic E-state index is 12.3. The number of nitrogens with zero attached hydrogens (tertiary/aromatic N) is 3. The summed E-state index contributed by atoms with van der Waals surface area (Å²) in [5, 5.41) is 7.19. The summed E-state index contributed by atoms with van der Waals surface area (Å²) in [7, 11) is 0. The van der Waals surface area contributed by atoms with Crippen molar-refractivity contribution in [3.8, 4) is 5.69 Å². The molecule has 126 valence electrons. The fourth-order valence-corrected chi connectivity index (χ4v) is 2.98. The third-order valence-corrected chi connectivity index (χ3v) is 4.48. The van der Waals surface area contributed by atoms with Gasteiger partial charge in [-0.05, 0) is 36.6 Å². The van der Waals surface area contributed by atoms with Gasteiger partial charge in [-0.2, -0.15) is 5.10 Å². The fraction of sp³-hybridized carbons (Fsp3) is 0.389. The Bertz CT molecular complexity index is 686. The van der Waals surface area contributed by atoms with Crippen molar-refractivity contribution in [1.29, 1.82) is 0 Å². The zero-order valence-electron chi connectivity index (χ0n) is 13.8. The molecule has 0 unspecified atom stereocenters. The summed E-state index contributed by atoms with van der Waals surface area (Å²) < 4.78 is 1.80. The highest BCUT2D eigenvalue weighted by molar-refractivity contribution is 5.79. The van der Waals surface area contributed by atoms with Crippen LogP contribution in [0.4, 0.5) is 0 Å². The fourth-order valence-electron chi connectivity index (χ4n) is 2.98. The van der Waals surface area contributed by atoms with Gasteiger partial charge in [0.2, 0.25) is 11.8 Å². The first-order chi connectivity index (χ1) is 11.6. The summed E-state index contributed by atoms with van der Waals surface area (Å²) in [4.78, 5) is 25.4. The van der Waals surface area contributed by atoms with E-state index in [0.717, 1.165) is 24.1 Å². The van der Waals surface area contributed by atoms with Crippen molar-refractivity contribution in [3.05, 3.63) is 48.3 Å². The summed E-state index contributed by atoms with van der Waals surface area (Å²) in [6.45, 7) is 3.44. The quantitative estimate of drug-likeness (QED) is 0.931. The van der Waals surface area contributed by atoms with Crippen LogP contribution in [0.15, 0.2) is 42.7 Å². The molecule has 0 spiro atoms. The van der Waals surface area contributed by atoms with Gasteiger partial charge in [-0.1, -0.05) is 12.1 Å². The molecule has 2 amide bonds. The summed E-state index contributed by atoms with van der Waals surface area (Å²) in [6, 6.07) is 9.84. The molecule has 6 nitrogen and oxygen atoms in total. The van der Waals surface area contributed by atoms with Gasteiger partial charge in [0.15, 0.2) is 0 Å². The van der Waals surface area contributed by atoms with Crippen molar-refractivity contribution < 1.29 is 9.59 Å². The molecule has 1 aliphatic heterocycles. The topological polar surface area (TPSA) is 67.2 Å². The van der Waals surface area contributed by atoms with E-state index in [1.54, 1.807) is 22.7 Å². The molecule has 1 aromatic carbocycles. The largest absolute Gasteiger partial charge is 0.352 e. The smallest absolute Gasteiger partial charge is 0.223 e. The van der Waals surface area contributed by atoms with Crippen molar-refractivity contribution >= 4 is 11.8 Å². The number of carbonyl (C=O) groups is 2. The molecule has 0 atom stereocenters. The number of benzene rings is 1. The molecule has 1 N–H and O–H groups in total. The highest BCUT2D eigenvalue weighted by atomic mass is 16.2. The SMILES string of the molecule is CC(=O)N1CCC(C(=O)NCc2ccc(-n3cccn3)cc2)CC1. The maximum Gasteiger partial charge on any atom is 0.223 e. The van der Waals surface area contributed by atoms with Crippen LogP contribution in [0.25, 0.3) is 5.69 Å². The van der Waals surface area contributed by atoms with Gasteiger partial charge in [0.25, 0.3) is 0 Å². The minimum absolute atomic E-state index is 0.00366. The molecule has 0 radical (unpaired) electrons. The van der Waals surface area contributed by atoms with Crippen molar-refractivity contribution in [2.45, 2.75) is 26.3 Å².